The second-order valence-corrected chi connectivity index (χ2v) is 6.46. The van der Waals surface area contributed by atoms with Gasteiger partial charge < -0.3 is 5.32 Å². The van der Waals surface area contributed by atoms with E-state index in [1.807, 2.05) is 31.3 Å². The van der Waals surface area contributed by atoms with Crippen LogP contribution in [0.3, 0.4) is 0 Å². The van der Waals surface area contributed by atoms with Crippen LogP contribution in [-0.4, -0.2) is 22.5 Å². The summed E-state index contributed by atoms with van der Waals surface area (Å²) in [7, 11) is -0.132. The van der Waals surface area contributed by atoms with E-state index in [-0.39, 0.29) is 0 Å². The van der Waals surface area contributed by atoms with E-state index in [0.717, 1.165) is 5.56 Å². The Hall–Kier alpha value is -1.85. The summed E-state index contributed by atoms with van der Waals surface area (Å²) >= 11 is 0. The minimum Gasteiger partial charge on any atom is -0.316 e. The van der Waals surface area contributed by atoms with Gasteiger partial charge in [0.15, 0.2) is 0 Å². The molecule has 0 unspecified atom stereocenters. The van der Waals surface area contributed by atoms with E-state index in [0.29, 0.717) is 17.1 Å². The van der Waals surface area contributed by atoms with Crippen LogP contribution in [0.5, 0.6) is 0 Å². The molecule has 0 fully saturated rings. The molecule has 0 saturated heterocycles. The molecule has 0 bridgehead atoms. The van der Waals surface area contributed by atoms with E-state index in [2.05, 4.69) is 5.32 Å². The zero-order chi connectivity index (χ0) is 14.6. The van der Waals surface area contributed by atoms with Crippen molar-refractivity contribution in [2.75, 3.05) is 18.4 Å². The summed E-state index contributed by atoms with van der Waals surface area (Å²) in [5.74, 6) is 0. The Bertz CT molecular complexity index is 669. The minimum absolute atomic E-state index is 0.302. The number of para-hydroxylation sites is 1. The third kappa shape index (κ3) is 3.00. The van der Waals surface area contributed by atoms with E-state index < -0.39 is 10.0 Å². The molecule has 0 heterocycles. The molecule has 4 nitrogen and oxygen atoms in total. The Morgan fingerprint density at radius 3 is 2.40 bits per heavy atom. The minimum atomic E-state index is -3.53. The molecular weight excluding hydrogens is 272 g/mol. The molecule has 2 aromatic rings. The maximum absolute atomic E-state index is 12.6. The molecule has 106 valence electrons. The highest BCUT2D eigenvalue weighted by atomic mass is 32.2. The van der Waals surface area contributed by atoms with Crippen molar-refractivity contribution in [2.45, 2.75) is 11.4 Å². The highest BCUT2D eigenvalue weighted by molar-refractivity contribution is 7.92. The van der Waals surface area contributed by atoms with Gasteiger partial charge in [-0.1, -0.05) is 30.3 Å². The molecule has 0 amide bonds. The van der Waals surface area contributed by atoms with Crippen LogP contribution >= 0.6 is 0 Å². The summed E-state index contributed by atoms with van der Waals surface area (Å²) in [4.78, 5) is 0.302. The van der Waals surface area contributed by atoms with Gasteiger partial charge in [-0.2, -0.15) is 0 Å². The topological polar surface area (TPSA) is 49.4 Å². The second-order valence-electron chi connectivity index (χ2n) is 4.49. The van der Waals surface area contributed by atoms with Crippen LogP contribution in [0.25, 0.3) is 0 Å². The lowest BCUT2D eigenvalue weighted by Gasteiger charge is -2.19. The number of hydrogen-bond donors (Lipinski definition) is 1. The summed E-state index contributed by atoms with van der Waals surface area (Å²) in [6, 6.07) is 16.0. The monoisotopic (exact) mass is 290 g/mol. The summed E-state index contributed by atoms with van der Waals surface area (Å²) in [6.45, 7) is 0.637. The molecule has 0 aliphatic rings. The zero-order valence-electron chi connectivity index (χ0n) is 11.6. The van der Waals surface area contributed by atoms with Crippen LogP contribution in [0, 0.1) is 0 Å². The smallest absolute Gasteiger partial charge is 0.264 e. The van der Waals surface area contributed by atoms with Crippen molar-refractivity contribution in [1.82, 2.24) is 5.32 Å². The first-order valence-electron chi connectivity index (χ1n) is 6.33. The fraction of sp³-hybridized carbons (Fsp3) is 0.200. The van der Waals surface area contributed by atoms with E-state index in [4.69, 9.17) is 0 Å². The molecule has 0 aromatic heterocycles. The average Bonchev–Trinajstić information content (AvgIpc) is 2.48. The normalized spacial score (nSPS) is 11.3. The summed E-state index contributed by atoms with van der Waals surface area (Å²) in [5.41, 5.74) is 1.58. The van der Waals surface area contributed by atoms with Crippen molar-refractivity contribution in [3.05, 3.63) is 60.2 Å². The molecule has 0 aliphatic carbocycles. The third-order valence-electron chi connectivity index (χ3n) is 3.06. The first kappa shape index (κ1) is 14.6. The summed E-state index contributed by atoms with van der Waals surface area (Å²) in [5, 5.41) is 3.02. The molecule has 5 heteroatoms. The van der Waals surface area contributed by atoms with Crippen molar-refractivity contribution in [3.8, 4) is 0 Å². The van der Waals surface area contributed by atoms with E-state index in [1.54, 1.807) is 37.4 Å². The van der Waals surface area contributed by atoms with Crippen LogP contribution in [0.4, 0.5) is 5.69 Å². The summed E-state index contributed by atoms with van der Waals surface area (Å²) < 4.78 is 26.5. The lowest BCUT2D eigenvalue weighted by molar-refractivity contribution is 0.594. The van der Waals surface area contributed by atoms with Crippen LogP contribution < -0.4 is 9.62 Å². The number of rotatable bonds is 5. The number of nitrogens with one attached hydrogen (secondary N) is 1. The molecule has 20 heavy (non-hydrogen) atoms. The fourth-order valence-corrected chi connectivity index (χ4v) is 3.22. The van der Waals surface area contributed by atoms with E-state index >= 15 is 0 Å². The lowest BCUT2D eigenvalue weighted by atomic mass is 10.2. The fourth-order valence-electron chi connectivity index (χ4n) is 1.95. The molecule has 0 atom stereocenters. The van der Waals surface area contributed by atoms with E-state index in [9.17, 15) is 8.42 Å². The Morgan fingerprint density at radius 1 is 1.05 bits per heavy atom. The number of sulfonamides is 1. The van der Waals surface area contributed by atoms with Crippen molar-refractivity contribution in [1.29, 1.82) is 0 Å². The number of hydrogen-bond acceptors (Lipinski definition) is 3. The molecule has 2 aromatic carbocycles. The van der Waals surface area contributed by atoms with Gasteiger partial charge in [0.05, 0.1) is 10.6 Å². The maximum Gasteiger partial charge on any atom is 0.264 e. The predicted molar refractivity (Wildman–Crippen MR) is 81.2 cm³/mol. The number of anilines is 1. The Morgan fingerprint density at radius 2 is 1.75 bits per heavy atom. The van der Waals surface area contributed by atoms with Crippen LogP contribution in [0.15, 0.2) is 59.5 Å². The summed E-state index contributed by atoms with van der Waals surface area (Å²) in [6.07, 6.45) is 0. The molecule has 0 aliphatic heterocycles. The third-order valence-corrected chi connectivity index (χ3v) is 4.84. The highest BCUT2D eigenvalue weighted by Gasteiger charge is 2.21. The van der Waals surface area contributed by atoms with Gasteiger partial charge in [-0.3, -0.25) is 4.31 Å². The van der Waals surface area contributed by atoms with Gasteiger partial charge in [0, 0.05) is 13.6 Å². The molecule has 1 N–H and O–H groups in total. The molecule has 2 rings (SSSR count). The SMILES string of the molecule is CNCc1cccc(S(=O)(=O)N(C)c2ccccc2)c1. The average molecular weight is 290 g/mol. The van der Waals surface area contributed by atoms with Crippen LogP contribution in [0.2, 0.25) is 0 Å². The largest absolute Gasteiger partial charge is 0.316 e. The predicted octanol–water partition coefficient (Wildman–Crippen LogP) is 2.23. The Balaban J connectivity index is 2.37. The van der Waals surface area contributed by atoms with Crippen LogP contribution in [-0.2, 0) is 16.6 Å². The maximum atomic E-state index is 12.6. The standard InChI is InChI=1S/C15H18N2O2S/c1-16-12-13-7-6-10-15(11-13)20(18,19)17(2)14-8-4-3-5-9-14/h3-11,16H,12H2,1-2H3. The van der Waals surface area contributed by atoms with Crippen molar-refractivity contribution in [3.63, 3.8) is 0 Å². The van der Waals surface area contributed by atoms with Crippen molar-refractivity contribution >= 4 is 15.7 Å². The van der Waals surface area contributed by atoms with Gasteiger partial charge in [-0.25, -0.2) is 8.42 Å². The number of nitrogens with zero attached hydrogens (tertiary/aromatic N) is 1. The van der Waals surface area contributed by atoms with Gasteiger partial charge in [0.1, 0.15) is 0 Å². The van der Waals surface area contributed by atoms with Gasteiger partial charge in [-0.15, -0.1) is 0 Å². The Labute approximate surface area is 120 Å². The molecule has 0 radical (unpaired) electrons. The van der Waals surface area contributed by atoms with Gasteiger partial charge in [-0.05, 0) is 36.9 Å². The quantitative estimate of drug-likeness (QED) is 0.918. The van der Waals surface area contributed by atoms with Gasteiger partial charge >= 0.3 is 0 Å². The first-order chi connectivity index (χ1) is 9.55. The molecule has 0 saturated carbocycles. The van der Waals surface area contributed by atoms with Crippen molar-refractivity contribution < 1.29 is 8.42 Å². The second kappa shape index (κ2) is 6.07. The highest BCUT2D eigenvalue weighted by Crippen LogP contribution is 2.22. The number of benzene rings is 2. The molecular formula is C15H18N2O2S. The Kier molecular flexibility index (Phi) is 4.42. The van der Waals surface area contributed by atoms with Gasteiger partial charge in [0.25, 0.3) is 10.0 Å². The van der Waals surface area contributed by atoms with Gasteiger partial charge in [0.2, 0.25) is 0 Å². The zero-order valence-corrected chi connectivity index (χ0v) is 12.4. The molecule has 0 spiro atoms. The van der Waals surface area contributed by atoms with Crippen LogP contribution in [0.1, 0.15) is 5.56 Å². The first-order valence-corrected chi connectivity index (χ1v) is 7.77. The lowest BCUT2D eigenvalue weighted by Crippen LogP contribution is -2.26. The van der Waals surface area contributed by atoms with Crippen molar-refractivity contribution in [2.24, 2.45) is 0 Å². The van der Waals surface area contributed by atoms with E-state index in [1.165, 1.54) is 4.31 Å².